The summed E-state index contributed by atoms with van der Waals surface area (Å²) < 4.78 is 10.4. The van der Waals surface area contributed by atoms with E-state index in [0.717, 1.165) is 21.5 Å². The molecular weight excluding hydrogens is 410 g/mol. The molecule has 1 N–H and O–H groups in total. The lowest BCUT2D eigenvalue weighted by atomic mass is 10.2. The van der Waals surface area contributed by atoms with Gasteiger partial charge in [-0.3, -0.25) is 9.78 Å². The third kappa shape index (κ3) is 5.19. The number of aryl methyl sites for hydroxylation is 1. The van der Waals surface area contributed by atoms with E-state index in [4.69, 9.17) is 21.1 Å². The summed E-state index contributed by atoms with van der Waals surface area (Å²) in [5.74, 6) is 1.06. The van der Waals surface area contributed by atoms with Crippen molar-refractivity contribution >= 4 is 46.4 Å². The van der Waals surface area contributed by atoms with Crippen LogP contribution in [0.1, 0.15) is 11.3 Å². The monoisotopic (exact) mass is 429 g/mol. The minimum Gasteiger partial charge on any atom is -0.493 e. The highest BCUT2D eigenvalue weighted by atomic mass is 35.5. The van der Waals surface area contributed by atoms with Crippen molar-refractivity contribution in [1.29, 1.82) is 0 Å². The van der Waals surface area contributed by atoms with Gasteiger partial charge in [0.15, 0.2) is 11.5 Å². The molecule has 0 spiro atoms. The zero-order valence-electron chi connectivity index (χ0n) is 16.2. The zero-order chi connectivity index (χ0) is 20.8. The van der Waals surface area contributed by atoms with E-state index in [1.165, 1.54) is 32.2 Å². The molecule has 0 atom stereocenters. The third-order valence-electron chi connectivity index (χ3n) is 4.06. The molecule has 0 saturated carbocycles. The predicted octanol–water partition coefficient (Wildman–Crippen LogP) is 4.46. The van der Waals surface area contributed by atoms with Crippen LogP contribution in [0.3, 0.4) is 0 Å². The minimum atomic E-state index is -0.221. The van der Waals surface area contributed by atoms with Crippen LogP contribution in [0.2, 0.25) is 5.02 Å². The molecule has 150 valence electrons. The van der Waals surface area contributed by atoms with Crippen molar-refractivity contribution in [1.82, 2.24) is 10.4 Å². The maximum absolute atomic E-state index is 12.2. The molecule has 1 amide bonds. The zero-order valence-corrected chi connectivity index (χ0v) is 17.8. The Morgan fingerprint density at radius 3 is 2.69 bits per heavy atom. The Hall–Kier alpha value is -2.77. The number of fused-ring (bicyclic) bond motifs is 1. The van der Waals surface area contributed by atoms with Gasteiger partial charge in [0.25, 0.3) is 0 Å². The number of halogens is 1. The summed E-state index contributed by atoms with van der Waals surface area (Å²) in [7, 11) is 3.07. The van der Waals surface area contributed by atoms with E-state index in [0.29, 0.717) is 22.1 Å². The van der Waals surface area contributed by atoms with Gasteiger partial charge in [-0.25, -0.2) is 5.43 Å². The van der Waals surface area contributed by atoms with Crippen LogP contribution in [-0.2, 0) is 4.79 Å². The van der Waals surface area contributed by atoms with E-state index in [-0.39, 0.29) is 11.7 Å². The fraction of sp³-hybridized carbons (Fsp3) is 0.190. The highest BCUT2D eigenvalue weighted by molar-refractivity contribution is 8.00. The van der Waals surface area contributed by atoms with Gasteiger partial charge in [0.1, 0.15) is 0 Å². The second kappa shape index (κ2) is 9.62. The second-order valence-electron chi connectivity index (χ2n) is 6.09. The number of hydrazone groups is 1. The number of ether oxygens (including phenoxy) is 2. The van der Waals surface area contributed by atoms with Gasteiger partial charge in [-0.2, -0.15) is 5.10 Å². The normalized spacial score (nSPS) is 11.0. The van der Waals surface area contributed by atoms with E-state index in [2.05, 4.69) is 15.5 Å². The van der Waals surface area contributed by atoms with E-state index < -0.39 is 0 Å². The molecule has 3 rings (SSSR count). The molecule has 0 bridgehead atoms. The first-order valence-corrected chi connectivity index (χ1v) is 10.1. The number of nitrogens with one attached hydrogen (secondary N) is 1. The van der Waals surface area contributed by atoms with Crippen LogP contribution in [0, 0.1) is 6.92 Å². The van der Waals surface area contributed by atoms with Crippen LogP contribution < -0.4 is 14.9 Å². The van der Waals surface area contributed by atoms with Gasteiger partial charge < -0.3 is 9.47 Å². The summed E-state index contributed by atoms with van der Waals surface area (Å²) in [5, 5.41) is 5.46. The number of pyridine rings is 1. The first-order chi connectivity index (χ1) is 14.0. The fourth-order valence-electron chi connectivity index (χ4n) is 2.71. The van der Waals surface area contributed by atoms with E-state index in [1.807, 2.05) is 37.3 Å². The number of para-hydroxylation sites is 1. The molecule has 0 aliphatic heterocycles. The van der Waals surface area contributed by atoms with Crippen molar-refractivity contribution in [3.63, 3.8) is 0 Å². The summed E-state index contributed by atoms with van der Waals surface area (Å²) in [5.41, 5.74) is 4.95. The first-order valence-electron chi connectivity index (χ1n) is 8.74. The standard InChI is InChI=1S/C21H20ClN3O3S/c1-13-8-20(15-6-4-5-7-17(15)24-13)29-12-21(26)25-23-11-14-9-18(27-2)19(28-3)10-16(14)22/h4-11H,12H2,1-3H3,(H,25,26)/b23-11+. The third-order valence-corrected chi connectivity index (χ3v) is 5.44. The molecule has 1 aromatic heterocycles. The summed E-state index contributed by atoms with van der Waals surface area (Å²) in [4.78, 5) is 17.7. The Labute approximate surface area is 178 Å². The van der Waals surface area contributed by atoms with Crippen molar-refractivity contribution in [3.8, 4) is 11.5 Å². The van der Waals surface area contributed by atoms with E-state index >= 15 is 0 Å². The fourth-order valence-corrected chi connectivity index (χ4v) is 3.84. The number of hydrogen-bond acceptors (Lipinski definition) is 6. The number of amides is 1. The predicted molar refractivity (Wildman–Crippen MR) is 117 cm³/mol. The lowest BCUT2D eigenvalue weighted by molar-refractivity contribution is -0.118. The Morgan fingerprint density at radius 1 is 1.21 bits per heavy atom. The number of methoxy groups -OCH3 is 2. The number of hydrogen-bond donors (Lipinski definition) is 1. The van der Waals surface area contributed by atoms with Gasteiger partial charge in [-0.1, -0.05) is 29.8 Å². The van der Waals surface area contributed by atoms with Gasteiger partial charge >= 0.3 is 0 Å². The smallest absolute Gasteiger partial charge is 0.250 e. The molecule has 2 aromatic carbocycles. The Morgan fingerprint density at radius 2 is 1.93 bits per heavy atom. The van der Waals surface area contributed by atoms with Crippen LogP contribution >= 0.6 is 23.4 Å². The molecule has 0 radical (unpaired) electrons. The molecule has 0 saturated heterocycles. The first kappa shape index (κ1) is 21.0. The Kier molecular flexibility index (Phi) is 6.95. The van der Waals surface area contributed by atoms with Crippen LogP contribution in [0.15, 0.2) is 52.5 Å². The molecule has 0 fully saturated rings. The topological polar surface area (TPSA) is 72.8 Å². The maximum Gasteiger partial charge on any atom is 0.250 e. The average molecular weight is 430 g/mol. The molecule has 0 aliphatic carbocycles. The number of thioether (sulfide) groups is 1. The van der Waals surface area contributed by atoms with E-state index in [9.17, 15) is 4.79 Å². The summed E-state index contributed by atoms with van der Waals surface area (Å²) in [6, 6.07) is 13.2. The number of carbonyl (C=O) groups excluding carboxylic acids is 1. The largest absolute Gasteiger partial charge is 0.493 e. The SMILES string of the molecule is COc1cc(Cl)c(/C=N/NC(=O)CSc2cc(C)nc3ccccc23)cc1OC. The molecule has 8 heteroatoms. The highest BCUT2D eigenvalue weighted by Crippen LogP contribution is 2.32. The molecule has 1 heterocycles. The maximum atomic E-state index is 12.2. The van der Waals surface area contributed by atoms with Crippen LogP contribution in [0.25, 0.3) is 10.9 Å². The van der Waals surface area contributed by atoms with Crippen molar-refractivity contribution < 1.29 is 14.3 Å². The minimum absolute atomic E-state index is 0.221. The van der Waals surface area contributed by atoms with Gasteiger partial charge in [0.2, 0.25) is 5.91 Å². The molecule has 29 heavy (non-hydrogen) atoms. The summed E-state index contributed by atoms with van der Waals surface area (Å²) in [6.07, 6.45) is 1.47. The number of aromatic nitrogens is 1. The van der Waals surface area contributed by atoms with Gasteiger partial charge in [0, 0.05) is 27.6 Å². The van der Waals surface area contributed by atoms with Crippen molar-refractivity contribution in [3.05, 3.63) is 58.7 Å². The molecule has 3 aromatic rings. The molecular formula is C21H20ClN3O3S. The number of nitrogens with zero attached hydrogens (tertiary/aromatic N) is 2. The van der Waals surface area contributed by atoms with E-state index in [1.54, 1.807) is 12.1 Å². The van der Waals surface area contributed by atoms with Crippen LogP contribution in [0.4, 0.5) is 0 Å². The Bertz CT molecular complexity index is 1070. The quantitative estimate of drug-likeness (QED) is 0.341. The Balaban J connectivity index is 1.64. The average Bonchev–Trinajstić information content (AvgIpc) is 2.72. The van der Waals surface area contributed by atoms with Crippen molar-refractivity contribution in [2.75, 3.05) is 20.0 Å². The van der Waals surface area contributed by atoms with Crippen LogP contribution in [0.5, 0.6) is 11.5 Å². The van der Waals surface area contributed by atoms with Gasteiger partial charge in [0.05, 0.1) is 36.7 Å². The lowest BCUT2D eigenvalue weighted by Gasteiger charge is -2.09. The molecule has 6 nitrogen and oxygen atoms in total. The van der Waals surface area contributed by atoms with Crippen molar-refractivity contribution in [2.24, 2.45) is 5.10 Å². The summed E-state index contributed by atoms with van der Waals surface area (Å²) in [6.45, 7) is 1.94. The van der Waals surface area contributed by atoms with Gasteiger partial charge in [-0.15, -0.1) is 11.8 Å². The molecule has 0 unspecified atom stereocenters. The van der Waals surface area contributed by atoms with Crippen LogP contribution in [-0.4, -0.2) is 37.1 Å². The molecule has 0 aliphatic rings. The number of benzene rings is 2. The van der Waals surface area contributed by atoms with Gasteiger partial charge in [-0.05, 0) is 25.1 Å². The number of rotatable bonds is 7. The summed E-state index contributed by atoms with van der Waals surface area (Å²) >= 11 is 7.66. The lowest BCUT2D eigenvalue weighted by Crippen LogP contribution is -2.19. The second-order valence-corrected chi connectivity index (χ2v) is 7.51. The number of carbonyl (C=O) groups is 1. The highest BCUT2D eigenvalue weighted by Gasteiger charge is 2.10. The van der Waals surface area contributed by atoms with Crippen molar-refractivity contribution in [2.45, 2.75) is 11.8 Å².